The van der Waals surface area contributed by atoms with Gasteiger partial charge in [-0.15, -0.1) is 81.2 Å². The van der Waals surface area contributed by atoms with Crippen molar-refractivity contribution in [3.05, 3.63) is 83.9 Å². The fraction of sp³-hybridized carbons (Fsp3) is 0.250. The second-order valence-corrected chi connectivity index (χ2v) is 16.1. The molecule has 0 aliphatic rings. The quantitative estimate of drug-likeness (QED) is 0.306. The van der Waals surface area contributed by atoms with Gasteiger partial charge in [0.2, 0.25) is 0 Å². The fourth-order valence-electron chi connectivity index (χ4n) is 2.84. The number of fused-ring (bicyclic) bond motifs is 2. The summed E-state index contributed by atoms with van der Waals surface area (Å²) >= 11 is 1.74. The van der Waals surface area contributed by atoms with Gasteiger partial charge in [0.25, 0.3) is 0 Å². The normalized spacial score (nSPS) is 9.59. The Labute approximate surface area is 185 Å². The Hall–Kier alpha value is -0.950. The molecule has 0 aliphatic heterocycles. The summed E-state index contributed by atoms with van der Waals surface area (Å²) in [6, 6.07) is 26.0. The number of benzene rings is 2. The average Bonchev–Trinajstić information content (AvgIpc) is 3.24. The van der Waals surface area contributed by atoms with Crippen LogP contribution in [-0.2, 0) is 36.2 Å². The predicted molar refractivity (Wildman–Crippen MR) is 115 cm³/mol. The molecule has 0 radical (unpaired) electrons. The predicted octanol–water partition coefficient (Wildman–Crippen LogP) is 4.03. The van der Waals surface area contributed by atoms with E-state index in [0.717, 1.165) is 12.8 Å². The van der Waals surface area contributed by atoms with Crippen molar-refractivity contribution in [3.63, 3.8) is 0 Å². The minimum Gasteiger partial charge on any atom is -1.00 e. The van der Waals surface area contributed by atoms with Crippen molar-refractivity contribution in [1.82, 2.24) is 0 Å². The van der Waals surface area contributed by atoms with Crippen molar-refractivity contribution in [1.29, 1.82) is 0 Å². The Balaban J connectivity index is 0.000000220. The summed E-state index contributed by atoms with van der Waals surface area (Å²) in [4.78, 5) is 0. The molecule has 0 aliphatic carbocycles. The minimum atomic E-state index is 0. The van der Waals surface area contributed by atoms with Crippen LogP contribution in [0.25, 0.3) is 21.5 Å². The maximum atomic E-state index is 2.31. The van der Waals surface area contributed by atoms with E-state index in [4.69, 9.17) is 0 Å². The van der Waals surface area contributed by atoms with E-state index in [1.54, 1.807) is 23.3 Å². The summed E-state index contributed by atoms with van der Waals surface area (Å²) in [5, 5.41) is 5.46. The molecule has 0 spiro atoms. The van der Waals surface area contributed by atoms with Crippen LogP contribution >= 0.6 is 0 Å². The molecule has 3 heteroatoms. The van der Waals surface area contributed by atoms with Crippen molar-refractivity contribution < 1.29 is 35.7 Å². The molecule has 0 saturated heterocycles. The molecule has 0 bridgehead atoms. The molecule has 4 aromatic rings. The Morgan fingerprint density at radius 3 is 1.37 bits per heavy atom. The van der Waals surface area contributed by atoms with Gasteiger partial charge in [-0.3, -0.25) is 0 Å². The monoisotopic (exact) mass is 469 g/mol. The molecule has 0 saturated carbocycles. The molecule has 4 rings (SSSR count). The first-order valence-corrected chi connectivity index (χ1v) is 15.5. The molecule has 0 aromatic heterocycles. The second-order valence-electron chi connectivity index (χ2n) is 6.69. The Kier molecular flexibility index (Phi) is 11.1. The number of hydrogen-bond donors (Lipinski definition) is 0. The molecule has 0 heterocycles. The van der Waals surface area contributed by atoms with Crippen molar-refractivity contribution in [3.8, 4) is 0 Å². The third kappa shape index (κ3) is 7.90. The molecule has 0 amide bonds. The first-order chi connectivity index (χ1) is 12.5. The molecule has 0 unspecified atom stereocenters. The standard InChI is InChI=1S/2C11H11.C2H6Si.ClH.Zr/c2*1-2-9-7-10-5-3-4-6-11(10)8-9;1-3-2;;/h2*3-8H,2H2,1H3;1-2H3;1H;/q2*-1;;;/p-1. The van der Waals surface area contributed by atoms with E-state index in [1.165, 1.54) is 32.7 Å². The summed E-state index contributed by atoms with van der Waals surface area (Å²) < 4.78 is 0. The van der Waals surface area contributed by atoms with Gasteiger partial charge < -0.3 is 12.4 Å². The van der Waals surface area contributed by atoms with E-state index in [-0.39, 0.29) is 17.8 Å². The van der Waals surface area contributed by atoms with E-state index in [1.807, 2.05) is 0 Å². The fourth-order valence-corrected chi connectivity index (χ4v) is 2.84. The van der Waals surface area contributed by atoms with E-state index >= 15 is 0 Å². The maximum Gasteiger partial charge on any atom is -1.00 e. The zero-order valence-corrected chi connectivity index (χ0v) is 20.9. The third-order valence-electron chi connectivity index (χ3n) is 4.17. The largest absolute Gasteiger partial charge is 1.00 e. The Bertz CT molecular complexity index is 821. The number of aryl methyl sites for hydroxylation is 2. The zero-order chi connectivity index (χ0) is 18.9. The van der Waals surface area contributed by atoms with Crippen LogP contribution in [0.4, 0.5) is 0 Å². The maximum absolute atomic E-state index is 2.31. The topological polar surface area (TPSA) is 0 Å². The SMILES string of the molecule is CCc1cc2ccccc2[cH-]1.CCc1cc2ccccc2[cH-]1.C[Si](C)=[Zr].[Cl-]. The number of hydrogen-bond acceptors (Lipinski definition) is 0. The smallest absolute Gasteiger partial charge is 1.00 e. The summed E-state index contributed by atoms with van der Waals surface area (Å²) in [6.45, 7) is 8.99. The summed E-state index contributed by atoms with van der Waals surface area (Å²) in [5.74, 6) is 0. The summed E-state index contributed by atoms with van der Waals surface area (Å²) in [7, 11) is 0. The van der Waals surface area contributed by atoms with Gasteiger partial charge in [0.15, 0.2) is 0 Å². The average molecular weight is 471 g/mol. The van der Waals surface area contributed by atoms with Gasteiger partial charge in [0.05, 0.1) is 0 Å². The zero-order valence-electron chi connectivity index (χ0n) is 16.7. The Morgan fingerprint density at radius 1 is 0.741 bits per heavy atom. The van der Waals surface area contributed by atoms with Gasteiger partial charge in [-0.1, -0.05) is 26.0 Å². The van der Waals surface area contributed by atoms with E-state index in [0.29, 0.717) is 0 Å². The van der Waals surface area contributed by atoms with Crippen LogP contribution in [0.2, 0.25) is 13.1 Å². The number of halogens is 1. The summed E-state index contributed by atoms with van der Waals surface area (Å²) in [6.07, 6.45) is 2.27. The first-order valence-electron chi connectivity index (χ1n) is 9.34. The molecule has 0 atom stereocenters. The van der Waals surface area contributed by atoms with Crippen LogP contribution in [0.3, 0.4) is 0 Å². The molecular formula is C24H28ClSiZr-3. The van der Waals surface area contributed by atoms with Gasteiger partial charge in [-0.25, -0.2) is 0 Å². The molecule has 0 fully saturated rings. The molecule has 0 N–H and O–H groups in total. The van der Waals surface area contributed by atoms with Gasteiger partial charge >= 0.3 is 41.9 Å². The van der Waals surface area contributed by atoms with Crippen LogP contribution in [0.15, 0.2) is 72.8 Å². The second kappa shape index (κ2) is 12.5. The minimum absolute atomic E-state index is 0. The van der Waals surface area contributed by atoms with E-state index in [9.17, 15) is 0 Å². The van der Waals surface area contributed by atoms with E-state index < -0.39 is 0 Å². The molecule has 4 aromatic carbocycles. The van der Waals surface area contributed by atoms with E-state index in [2.05, 4.69) is 99.7 Å². The third-order valence-corrected chi connectivity index (χ3v) is 4.17. The van der Waals surface area contributed by atoms with Crippen LogP contribution in [0, 0.1) is 0 Å². The van der Waals surface area contributed by atoms with Gasteiger partial charge in [0, 0.05) is 0 Å². The first kappa shape index (κ1) is 24.1. The molecule has 142 valence electrons. The summed E-state index contributed by atoms with van der Waals surface area (Å²) in [5.41, 5.74) is 3.08. The van der Waals surface area contributed by atoms with Crippen LogP contribution in [0.1, 0.15) is 25.0 Å². The van der Waals surface area contributed by atoms with Crippen molar-refractivity contribution in [2.45, 2.75) is 39.8 Å². The van der Waals surface area contributed by atoms with Crippen LogP contribution in [-0.4, -0.2) is 5.43 Å². The number of rotatable bonds is 2. The molecule has 0 nitrogen and oxygen atoms in total. The van der Waals surface area contributed by atoms with Crippen molar-refractivity contribution in [2.75, 3.05) is 0 Å². The van der Waals surface area contributed by atoms with Gasteiger partial charge in [-0.2, -0.15) is 12.1 Å². The Morgan fingerprint density at radius 2 is 1.07 bits per heavy atom. The van der Waals surface area contributed by atoms with Crippen molar-refractivity contribution in [2.24, 2.45) is 0 Å². The van der Waals surface area contributed by atoms with Gasteiger partial charge in [0.1, 0.15) is 0 Å². The van der Waals surface area contributed by atoms with Gasteiger partial charge in [-0.05, 0) is 12.8 Å². The molecule has 27 heavy (non-hydrogen) atoms. The molecular weight excluding hydrogens is 443 g/mol. The van der Waals surface area contributed by atoms with Crippen LogP contribution < -0.4 is 12.4 Å². The van der Waals surface area contributed by atoms with Crippen molar-refractivity contribution >= 4 is 27.0 Å². The van der Waals surface area contributed by atoms with Crippen LogP contribution in [0.5, 0.6) is 0 Å².